The molecule has 1 unspecified atom stereocenters. The maximum Gasteiger partial charge on any atom is 0.288 e. The SMILES string of the molecule is CCc1ccc(CS(=O)c2nc3cc(N)ccc3o2)cc1. The highest BCUT2D eigenvalue weighted by Gasteiger charge is 2.13. The summed E-state index contributed by atoms with van der Waals surface area (Å²) in [6, 6.07) is 13.3. The van der Waals surface area contributed by atoms with E-state index in [1.807, 2.05) is 12.1 Å². The first-order chi connectivity index (χ1) is 10.2. The van der Waals surface area contributed by atoms with Gasteiger partial charge < -0.3 is 10.2 Å². The summed E-state index contributed by atoms with van der Waals surface area (Å²) in [5.74, 6) is 0.395. The van der Waals surface area contributed by atoms with Crippen molar-refractivity contribution in [2.75, 3.05) is 5.73 Å². The Hall–Kier alpha value is -2.14. The van der Waals surface area contributed by atoms with Gasteiger partial charge in [0.25, 0.3) is 5.22 Å². The molecule has 5 heteroatoms. The molecule has 0 amide bonds. The first kappa shape index (κ1) is 13.8. The van der Waals surface area contributed by atoms with E-state index in [1.165, 1.54) is 5.56 Å². The van der Waals surface area contributed by atoms with E-state index in [0.29, 0.717) is 22.5 Å². The molecule has 3 aromatic rings. The third-order valence-electron chi connectivity index (χ3n) is 3.32. The fourth-order valence-corrected chi connectivity index (χ4v) is 3.11. The molecule has 0 aliphatic heterocycles. The standard InChI is InChI=1S/C16H16N2O2S/c1-2-11-3-5-12(6-4-11)10-21(19)16-18-14-9-13(17)7-8-15(14)20-16/h3-9H,2,10,17H2,1H3. The molecule has 0 saturated heterocycles. The van der Waals surface area contributed by atoms with Crippen molar-refractivity contribution in [1.29, 1.82) is 0 Å². The molecule has 0 fully saturated rings. The molecular formula is C16H16N2O2S. The van der Waals surface area contributed by atoms with Crippen LogP contribution in [0.2, 0.25) is 0 Å². The quantitative estimate of drug-likeness (QED) is 0.751. The first-order valence-electron chi connectivity index (χ1n) is 6.78. The van der Waals surface area contributed by atoms with Gasteiger partial charge in [0.1, 0.15) is 16.3 Å². The minimum Gasteiger partial charge on any atom is -0.430 e. The summed E-state index contributed by atoms with van der Waals surface area (Å²) < 4.78 is 17.9. The van der Waals surface area contributed by atoms with Gasteiger partial charge in [0.05, 0.1) is 5.75 Å². The van der Waals surface area contributed by atoms with E-state index in [0.717, 1.165) is 12.0 Å². The first-order valence-corrected chi connectivity index (χ1v) is 8.10. The third kappa shape index (κ3) is 2.97. The molecule has 21 heavy (non-hydrogen) atoms. The Morgan fingerprint density at radius 3 is 2.57 bits per heavy atom. The van der Waals surface area contributed by atoms with Gasteiger partial charge in [-0.1, -0.05) is 31.2 Å². The summed E-state index contributed by atoms with van der Waals surface area (Å²) in [7, 11) is -1.30. The third-order valence-corrected chi connectivity index (χ3v) is 4.48. The summed E-state index contributed by atoms with van der Waals surface area (Å²) in [6.07, 6.45) is 0.996. The van der Waals surface area contributed by atoms with Gasteiger partial charge in [-0.25, -0.2) is 9.19 Å². The normalized spacial score (nSPS) is 12.6. The Bertz CT molecular complexity index is 794. The highest BCUT2D eigenvalue weighted by atomic mass is 32.2. The number of aryl methyl sites for hydroxylation is 1. The van der Waals surface area contributed by atoms with Crippen molar-refractivity contribution in [2.45, 2.75) is 24.3 Å². The fraction of sp³-hybridized carbons (Fsp3) is 0.188. The molecule has 108 valence electrons. The monoisotopic (exact) mass is 300 g/mol. The van der Waals surface area contributed by atoms with Gasteiger partial charge in [0.15, 0.2) is 5.58 Å². The lowest BCUT2D eigenvalue weighted by atomic mass is 10.1. The van der Waals surface area contributed by atoms with Crippen LogP contribution in [0.25, 0.3) is 11.1 Å². The van der Waals surface area contributed by atoms with E-state index in [-0.39, 0.29) is 5.22 Å². The van der Waals surface area contributed by atoms with Crippen LogP contribution in [0.4, 0.5) is 5.69 Å². The second-order valence-corrected chi connectivity index (χ2v) is 6.20. The number of oxazole rings is 1. The molecule has 2 N–H and O–H groups in total. The number of nitrogens with zero attached hydrogens (tertiary/aromatic N) is 1. The van der Waals surface area contributed by atoms with Gasteiger partial charge in [-0.3, -0.25) is 0 Å². The average Bonchev–Trinajstić information content (AvgIpc) is 2.91. The Balaban J connectivity index is 1.82. The highest BCUT2D eigenvalue weighted by Crippen LogP contribution is 2.21. The number of hydrogen-bond donors (Lipinski definition) is 1. The Morgan fingerprint density at radius 2 is 1.86 bits per heavy atom. The minimum absolute atomic E-state index is 0.246. The molecule has 4 nitrogen and oxygen atoms in total. The molecular weight excluding hydrogens is 284 g/mol. The van der Waals surface area contributed by atoms with E-state index < -0.39 is 10.8 Å². The van der Waals surface area contributed by atoms with E-state index in [9.17, 15) is 4.21 Å². The molecule has 1 heterocycles. The maximum atomic E-state index is 12.3. The van der Waals surface area contributed by atoms with Crippen molar-refractivity contribution in [3.8, 4) is 0 Å². The lowest BCUT2D eigenvalue weighted by Gasteiger charge is -2.00. The van der Waals surface area contributed by atoms with Gasteiger partial charge in [-0.15, -0.1) is 0 Å². The summed E-state index contributed by atoms with van der Waals surface area (Å²) in [4.78, 5) is 4.26. The van der Waals surface area contributed by atoms with Gasteiger partial charge >= 0.3 is 0 Å². The molecule has 2 aromatic carbocycles. The van der Waals surface area contributed by atoms with Gasteiger partial charge in [0, 0.05) is 5.69 Å². The van der Waals surface area contributed by atoms with E-state index >= 15 is 0 Å². The molecule has 0 saturated carbocycles. The van der Waals surface area contributed by atoms with Crippen LogP contribution in [-0.2, 0) is 23.0 Å². The van der Waals surface area contributed by atoms with E-state index in [4.69, 9.17) is 10.2 Å². The molecule has 0 radical (unpaired) electrons. The van der Waals surface area contributed by atoms with E-state index in [1.54, 1.807) is 18.2 Å². The second-order valence-electron chi connectivity index (χ2n) is 4.87. The second kappa shape index (κ2) is 5.69. The van der Waals surface area contributed by atoms with Crippen LogP contribution < -0.4 is 5.73 Å². The van der Waals surface area contributed by atoms with Crippen molar-refractivity contribution in [1.82, 2.24) is 4.98 Å². The number of nitrogen functional groups attached to an aromatic ring is 1. The Kier molecular flexibility index (Phi) is 3.75. The van der Waals surface area contributed by atoms with Gasteiger partial charge in [-0.05, 0) is 35.7 Å². The lowest BCUT2D eigenvalue weighted by molar-refractivity contribution is 0.477. The van der Waals surface area contributed by atoms with Crippen molar-refractivity contribution >= 4 is 27.6 Å². The molecule has 1 aromatic heterocycles. The van der Waals surface area contributed by atoms with Crippen LogP contribution in [-0.4, -0.2) is 9.19 Å². The van der Waals surface area contributed by atoms with Crippen molar-refractivity contribution in [3.05, 3.63) is 53.6 Å². The largest absolute Gasteiger partial charge is 0.430 e. The summed E-state index contributed by atoms with van der Waals surface area (Å²) in [5, 5.41) is 0.246. The van der Waals surface area contributed by atoms with Gasteiger partial charge in [0.2, 0.25) is 0 Å². The Morgan fingerprint density at radius 1 is 1.14 bits per heavy atom. The zero-order chi connectivity index (χ0) is 14.8. The fourth-order valence-electron chi connectivity index (χ4n) is 2.10. The summed E-state index contributed by atoms with van der Waals surface area (Å²) in [5.41, 5.74) is 9.83. The maximum absolute atomic E-state index is 12.3. The number of nitrogens with two attached hydrogens (primary N) is 1. The molecule has 0 aliphatic rings. The lowest BCUT2D eigenvalue weighted by Crippen LogP contribution is -1.97. The predicted octanol–water partition coefficient (Wildman–Crippen LogP) is 3.28. The van der Waals surface area contributed by atoms with Crippen LogP contribution in [0.3, 0.4) is 0 Å². The number of rotatable bonds is 4. The predicted molar refractivity (Wildman–Crippen MR) is 84.4 cm³/mol. The van der Waals surface area contributed by atoms with Crippen molar-refractivity contribution in [2.24, 2.45) is 0 Å². The number of fused-ring (bicyclic) bond motifs is 1. The van der Waals surface area contributed by atoms with E-state index in [2.05, 4.69) is 24.0 Å². The zero-order valence-electron chi connectivity index (χ0n) is 11.7. The van der Waals surface area contributed by atoms with Crippen LogP contribution in [0.15, 0.2) is 52.1 Å². The van der Waals surface area contributed by atoms with Crippen LogP contribution in [0.5, 0.6) is 0 Å². The topological polar surface area (TPSA) is 69.1 Å². The van der Waals surface area contributed by atoms with Crippen LogP contribution >= 0.6 is 0 Å². The molecule has 3 rings (SSSR count). The number of benzene rings is 2. The number of anilines is 1. The van der Waals surface area contributed by atoms with Crippen molar-refractivity contribution < 1.29 is 8.63 Å². The van der Waals surface area contributed by atoms with Crippen LogP contribution in [0, 0.1) is 0 Å². The number of hydrogen-bond acceptors (Lipinski definition) is 4. The highest BCUT2D eigenvalue weighted by molar-refractivity contribution is 7.84. The summed E-state index contributed by atoms with van der Waals surface area (Å²) >= 11 is 0. The zero-order valence-corrected chi connectivity index (χ0v) is 12.5. The number of aromatic nitrogens is 1. The van der Waals surface area contributed by atoms with Crippen molar-refractivity contribution in [3.63, 3.8) is 0 Å². The Labute approximate surface area is 125 Å². The molecule has 0 aliphatic carbocycles. The summed E-state index contributed by atoms with van der Waals surface area (Å²) in [6.45, 7) is 2.11. The smallest absolute Gasteiger partial charge is 0.288 e. The van der Waals surface area contributed by atoms with Crippen LogP contribution in [0.1, 0.15) is 18.1 Å². The molecule has 0 bridgehead atoms. The molecule has 1 atom stereocenters. The average molecular weight is 300 g/mol. The molecule has 0 spiro atoms. The van der Waals surface area contributed by atoms with Gasteiger partial charge in [-0.2, -0.15) is 0 Å². The minimum atomic E-state index is -1.30.